The summed E-state index contributed by atoms with van der Waals surface area (Å²) >= 11 is 0. The highest BCUT2D eigenvalue weighted by Crippen LogP contribution is 2.36. The van der Waals surface area contributed by atoms with Crippen LogP contribution in [0, 0.1) is 5.82 Å². The van der Waals surface area contributed by atoms with Crippen molar-refractivity contribution in [3.05, 3.63) is 53.8 Å². The number of halogens is 1. The van der Waals surface area contributed by atoms with Gasteiger partial charge >= 0.3 is 5.97 Å². The number of benzene rings is 2. The van der Waals surface area contributed by atoms with Crippen LogP contribution in [0.15, 0.2) is 42.5 Å². The van der Waals surface area contributed by atoms with E-state index in [-0.39, 0.29) is 11.8 Å². The van der Waals surface area contributed by atoms with Gasteiger partial charge in [-0.2, -0.15) is 0 Å². The molecule has 2 aromatic carbocycles. The van der Waals surface area contributed by atoms with E-state index < -0.39 is 0 Å². The van der Waals surface area contributed by atoms with Gasteiger partial charge in [0.1, 0.15) is 11.6 Å². The maximum atomic E-state index is 12.9. The summed E-state index contributed by atoms with van der Waals surface area (Å²) in [6.07, 6.45) is 0.310. The molecule has 0 saturated heterocycles. The number of hydrogen-bond acceptors (Lipinski definition) is 2. The van der Waals surface area contributed by atoms with E-state index in [2.05, 4.69) is 0 Å². The maximum Gasteiger partial charge on any atom is 0.315 e. The number of rotatable bonds is 1. The summed E-state index contributed by atoms with van der Waals surface area (Å²) in [5.41, 5.74) is 2.56. The van der Waals surface area contributed by atoms with Gasteiger partial charge in [-0.25, -0.2) is 4.39 Å². The van der Waals surface area contributed by atoms with Gasteiger partial charge in [-0.3, -0.25) is 4.79 Å². The van der Waals surface area contributed by atoms with E-state index in [9.17, 15) is 9.18 Å². The molecule has 0 aromatic heterocycles. The molecule has 2 nitrogen and oxygen atoms in total. The summed E-state index contributed by atoms with van der Waals surface area (Å²) in [7, 11) is 0. The Balaban J connectivity index is 2.13. The highest BCUT2D eigenvalue weighted by atomic mass is 19.1. The predicted octanol–water partition coefficient (Wildman–Crippen LogP) is 2.95. The molecule has 1 heterocycles. The molecular weight excluding hydrogens is 219 g/mol. The first-order valence-corrected chi connectivity index (χ1v) is 5.32. The number of esters is 1. The van der Waals surface area contributed by atoms with Gasteiger partial charge in [0, 0.05) is 11.1 Å². The Kier molecular flexibility index (Phi) is 2.18. The normalized spacial score (nSPS) is 13.4. The molecular formula is C14H9FO2. The minimum absolute atomic E-state index is 0.241. The summed E-state index contributed by atoms with van der Waals surface area (Å²) in [5.74, 6) is 0.0805. The fraction of sp³-hybridized carbons (Fsp3) is 0.0714. The van der Waals surface area contributed by atoms with Crippen LogP contribution in [-0.4, -0.2) is 5.97 Å². The Bertz CT molecular complexity index is 588. The monoisotopic (exact) mass is 228 g/mol. The molecule has 3 heteroatoms. The molecule has 0 saturated carbocycles. The van der Waals surface area contributed by atoms with E-state index in [1.165, 1.54) is 12.1 Å². The third-order valence-electron chi connectivity index (χ3n) is 2.80. The molecule has 0 unspecified atom stereocenters. The van der Waals surface area contributed by atoms with Crippen molar-refractivity contribution in [3.63, 3.8) is 0 Å². The fourth-order valence-corrected chi connectivity index (χ4v) is 2.01. The van der Waals surface area contributed by atoms with Gasteiger partial charge in [-0.05, 0) is 17.7 Å². The molecule has 3 rings (SSSR count). The first-order chi connectivity index (χ1) is 8.24. The zero-order valence-electron chi connectivity index (χ0n) is 8.94. The largest absolute Gasteiger partial charge is 0.425 e. The lowest BCUT2D eigenvalue weighted by atomic mass is 10.0. The van der Waals surface area contributed by atoms with Crippen molar-refractivity contribution in [2.45, 2.75) is 6.42 Å². The van der Waals surface area contributed by atoms with Crippen molar-refractivity contribution < 1.29 is 13.9 Å². The van der Waals surface area contributed by atoms with Crippen LogP contribution in [0.1, 0.15) is 5.56 Å². The van der Waals surface area contributed by atoms with Crippen LogP contribution in [0.25, 0.3) is 11.1 Å². The van der Waals surface area contributed by atoms with Crippen LogP contribution in [0.2, 0.25) is 0 Å². The Morgan fingerprint density at radius 3 is 2.59 bits per heavy atom. The molecule has 0 fully saturated rings. The molecule has 2 aromatic rings. The second-order valence-electron chi connectivity index (χ2n) is 3.95. The number of ether oxygens (including phenoxy) is 1. The van der Waals surface area contributed by atoms with E-state index in [0.717, 1.165) is 16.7 Å². The average Bonchev–Trinajstić information content (AvgIpc) is 2.70. The summed E-state index contributed by atoms with van der Waals surface area (Å²) in [6.45, 7) is 0. The van der Waals surface area contributed by atoms with E-state index in [0.29, 0.717) is 12.2 Å². The average molecular weight is 228 g/mol. The molecule has 17 heavy (non-hydrogen) atoms. The molecule has 0 bridgehead atoms. The zero-order chi connectivity index (χ0) is 11.8. The van der Waals surface area contributed by atoms with Gasteiger partial charge in [0.2, 0.25) is 0 Å². The second-order valence-corrected chi connectivity index (χ2v) is 3.95. The SMILES string of the molecule is O=C1Cc2cccc(-c3ccc(F)cc3)c2O1. The lowest BCUT2D eigenvalue weighted by Crippen LogP contribution is -2.00. The van der Waals surface area contributed by atoms with Crippen molar-refractivity contribution in [2.75, 3.05) is 0 Å². The van der Waals surface area contributed by atoms with Crippen molar-refractivity contribution in [2.24, 2.45) is 0 Å². The molecule has 0 aliphatic carbocycles. The van der Waals surface area contributed by atoms with Gasteiger partial charge in [0.15, 0.2) is 0 Å². The summed E-state index contributed by atoms with van der Waals surface area (Å²) in [6, 6.07) is 11.8. The minimum atomic E-state index is -0.279. The zero-order valence-corrected chi connectivity index (χ0v) is 8.94. The molecule has 0 amide bonds. The van der Waals surface area contributed by atoms with E-state index in [1.54, 1.807) is 12.1 Å². The van der Waals surface area contributed by atoms with Crippen LogP contribution in [0.3, 0.4) is 0 Å². The molecule has 0 atom stereocenters. The Labute approximate surface area is 97.7 Å². The van der Waals surface area contributed by atoms with Gasteiger partial charge in [-0.15, -0.1) is 0 Å². The third-order valence-corrected chi connectivity index (χ3v) is 2.80. The number of carbonyl (C=O) groups excluding carboxylic acids is 1. The highest BCUT2D eigenvalue weighted by molar-refractivity contribution is 5.86. The van der Waals surface area contributed by atoms with Crippen LogP contribution in [0.5, 0.6) is 5.75 Å². The molecule has 0 radical (unpaired) electrons. The quantitative estimate of drug-likeness (QED) is 0.554. The molecule has 84 valence electrons. The van der Waals surface area contributed by atoms with Crippen LogP contribution < -0.4 is 4.74 Å². The van der Waals surface area contributed by atoms with Crippen molar-refractivity contribution >= 4 is 5.97 Å². The Hall–Kier alpha value is -2.16. The van der Waals surface area contributed by atoms with E-state index in [1.807, 2.05) is 18.2 Å². The van der Waals surface area contributed by atoms with Gasteiger partial charge in [0.05, 0.1) is 6.42 Å². The number of fused-ring (bicyclic) bond motifs is 1. The number of carbonyl (C=O) groups is 1. The number of hydrogen-bond donors (Lipinski definition) is 0. The van der Waals surface area contributed by atoms with Crippen LogP contribution >= 0.6 is 0 Å². The topological polar surface area (TPSA) is 26.3 Å². The first kappa shape index (κ1) is 10.0. The molecule has 0 N–H and O–H groups in total. The van der Waals surface area contributed by atoms with E-state index in [4.69, 9.17) is 4.74 Å². The minimum Gasteiger partial charge on any atom is -0.425 e. The van der Waals surface area contributed by atoms with Gasteiger partial charge in [0.25, 0.3) is 0 Å². The molecule has 1 aliphatic rings. The van der Waals surface area contributed by atoms with Crippen LogP contribution in [-0.2, 0) is 11.2 Å². The van der Waals surface area contributed by atoms with Crippen molar-refractivity contribution in [3.8, 4) is 16.9 Å². The Morgan fingerprint density at radius 1 is 1.06 bits per heavy atom. The summed E-state index contributed by atoms with van der Waals surface area (Å²) < 4.78 is 18.0. The molecule has 0 spiro atoms. The van der Waals surface area contributed by atoms with Crippen LogP contribution in [0.4, 0.5) is 4.39 Å². The molecule has 1 aliphatic heterocycles. The van der Waals surface area contributed by atoms with Crippen molar-refractivity contribution in [1.82, 2.24) is 0 Å². The maximum absolute atomic E-state index is 12.9. The van der Waals surface area contributed by atoms with Gasteiger partial charge < -0.3 is 4.74 Å². The standard InChI is InChI=1S/C14H9FO2/c15-11-6-4-9(5-7-11)12-3-1-2-10-8-13(16)17-14(10)12/h1-7H,8H2. The lowest BCUT2D eigenvalue weighted by molar-refractivity contribution is -0.131. The highest BCUT2D eigenvalue weighted by Gasteiger charge is 2.23. The third kappa shape index (κ3) is 1.69. The Morgan fingerprint density at radius 2 is 1.82 bits per heavy atom. The lowest BCUT2D eigenvalue weighted by Gasteiger charge is -2.06. The first-order valence-electron chi connectivity index (χ1n) is 5.32. The smallest absolute Gasteiger partial charge is 0.315 e. The number of para-hydroxylation sites is 1. The second kappa shape index (κ2) is 3.70. The summed E-state index contributed by atoms with van der Waals surface area (Å²) in [4.78, 5) is 11.3. The van der Waals surface area contributed by atoms with Gasteiger partial charge in [-0.1, -0.05) is 30.3 Å². The fourth-order valence-electron chi connectivity index (χ4n) is 2.01. The summed E-state index contributed by atoms with van der Waals surface area (Å²) in [5, 5.41) is 0. The van der Waals surface area contributed by atoms with Crippen molar-refractivity contribution in [1.29, 1.82) is 0 Å². The predicted molar refractivity (Wildman–Crippen MR) is 61.2 cm³/mol. The van der Waals surface area contributed by atoms with E-state index >= 15 is 0 Å².